The molecule has 1 aromatic carbocycles. The van der Waals surface area contributed by atoms with Gasteiger partial charge in [-0.15, -0.1) is 0 Å². The largest absolute Gasteiger partial charge is 0.368 e. The lowest BCUT2D eigenvalue weighted by Crippen LogP contribution is -2.51. The van der Waals surface area contributed by atoms with Gasteiger partial charge in [-0.25, -0.2) is 0 Å². The van der Waals surface area contributed by atoms with Gasteiger partial charge in [0.15, 0.2) is 0 Å². The van der Waals surface area contributed by atoms with E-state index in [0.717, 1.165) is 17.2 Å². The van der Waals surface area contributed by atoms with Crippen LogP contribution >= 0.6 is 11.8 Å². The maximum atomic E-state index is 11.7. The molecule has 0 radical (unpaired) electrons. The molecule has 0 aromatic heterocycles. The summed E-state index contributed by atoms with van der Waals surface area (Å²) in [7, 11) is 0. The van der Waals surface area contributed by atoms with E-state index in [4.69, 9.17) is 11.5 Å². The maximum absolute atomic E-state index is 11.7. The standard InChI is InChI=1S/C15H22N2OS/c16-14(18)15(17,13-8-2-1-3-9-13)11-19-10-12-6-4-5-7-12/h1-3,8-9,12H,4-7,10-11,17H2,(H2,16,18). The van der Waals surface area contributed by atoms with E-state index in [1.165, 1.54) is 25.7 Å². The molecule has 0 aliphatic heterocycles. The summed E-state index contributed by atoms with van der Waals surface area (Å²) >= 11 is 1.75. The number of rotatable bonds is 6. The second kappa shape index (κ2) is 6.44. The third-order valence-electron chi connectivity index (χ3n) is 3.89. The zero-order chi connectivity index (χ0) is 13.7. The Kier molecular flexibility index (Phi) is 4.88. The number of hydrogen-bond donors (Lipinski definition) is 2. The number of nitrogens with two attached hydrogens (primary N) is 2. The molecule has 0 bridgehead atoms. The van der Waals surface area contributed by atoms with Crippen LogP contribution in [0, 0.1) is 5.92 Å². The zero-order valence-corrected chi connectivity index (χ0v) is 12.0. The molecule has 1 aliphatic rings. The van der Waals surface area contributed by atoms with Crippen molar-refractivity contribution < 1.29 is 4.79 Å². The fourth-order valence-corrected chi connectivity index (χ4v) is 4.01. The highest BCUT2D eigenvalue weighted by Crippen LogP contribution is 2.30. The van der Waals surface area contributed by atoms with Crippen LogP contribution in [-0.4, -0.2) is 17.4 Å². The molecule has 4 heteroatoms. The molecular weight excluding hydrogens is 256 g/mol. The van der Waals surface area contributed by atoms with Crippen molar-refractivity contribution >= 4 is 17.7 Å². The van der Waals surface area contributed by atoms with Crippen molar-refractivity contribution in [2.45, 2.75) is 31.2 Å². The van der Waals surface area contributed by atoms with Crippen LogP contribution in [0.3, 0.4) is 0 Å². The minimum absolute atomic E-state index is 0.447. The summed E-state index contributed by atoms with van der Waals surface area (Å²) in [4.78, 5) is 11.7. The zero-order valence-electron chi connectivity index (χ0n) is 11.2. The van der Waals surface area contributed by atoms with Crippen LogP contribution in [0.25, 0.3) is 0 Å². The number of amides is 1. The predicted molar refractivity (Wildman–Crippen MR) is 80.8 cm³/mol. The average molecular weight is 278 g/mol. The minimum Gasteiger partial charge on any atom is -0.368 e. The first kappa shape index (κ1) is 14.4. The quantitative estimate of drug-likeness (QED) is 0.838. The summed E-state index contributed by atoms with van der Waals surface area (Å²) in [5.74, 6) is 1.98. The third-order valence-corrected chi connectivity index (χ3v) is 5.25. The van der Waals surface area contributed by atoms with Crippen LogP contribution in [0.15, 0.2) is 30.3 Å². The van der Waals surface area contributed by atoms with Crippen LogP contribution in [0.5, 0.6) is 0 Å². The Morgan fingerprint density at radius 2 is 1.89 bits per heavy atom. The van der Waals surface area contributed by atoms with E-state index >= 15 is 0 Å². The Bertz CT molecular complexity index is 417. The summed E-state index contributed by atoms with van der Waals surface area (Å²) in [5, 5.41) is 0. The Balaban J connectivity index is 1.97. The van der Waals surface area contributed by atoms with Gasteiger partial charge in [0, 0.05) is 5.75 Å². The van der Waals surface area contributed by atoms with Crippen LogP contribution in [0.4, 0.5) is 0 Å². The Morgan fingerprint density at radius 1 is 1.26 bits per heavy atom. The van der Waals surface area contributed by atoms with Crippen LogP contribution in [0.1, 0.15) is 31.2 Å². The van der Waals surface area contributed by atoms with Crippen LogP contribution in [-0.2, 0) is 10.3 Å². The molecule has 0 saturated heterocycles. The normalized spacial score (nSPS) is 19.2. The van der Waals surface area contributed by atoms with E-state index in [-0.39, 0.29) is 0 Å². The average Bonchev–Trinajstić information content (AvgIpc) is 2.92. The van der Waals surface area contributed by atoms with E-state index in [0.29, 0.717) is 5.75 Å². The molecule has 2 rings (SSSR count). The van der Waals surface area contributed by atoms with Crippen LogP contribution < -0.4 is 11.5 Å². The van der Waals surface area contributed by atoms with Gasteiger partial charge in [0.05, 0.1) is 0 Å². The lowest BCUT2D eigenvalue weighted by atomic mass is 9.92. The molecule has 1 fully saturated rings. The molecule has 1 amide bonds. The van der Waals surface area contributed by atoms with Crippen molar-refractivity contribution in [3.63, 3.8) is 0 Å². The Labute approximate surface area is 119 Å². The minimum atomic E-state index is -1.05. The van der Waals surface area contributed by atoms with Crippen LogP contribution in [0.2, 0.25) is 0 Å². The first-order valence-corrected chi connectivity index (χ1v) is 8.00. The lowest BCUT2D eigenvalue weighted by molar-refractivity contribution is -0.122. The molecule has 1 aromatic rings. The topological polar surface area (TPSA) is 69.1 Å². The van der Waals surface area contributed by atoms with Crippen molar-refractivity contribution in [1.82, 2.24) is 0 Å². The fraction of sp³-hybridized carbons (Fsp3) is 0.533. The maximum Gasteiger partial charge on any atom is 0.242 e. The third kappa shape index (κ3) is 3.51. The smallest absolute Gasteiger partial charge is 0.242 e. The van der Waals surface area contributed by atoms with Gasteiger partial charge in [-0.1, -0.05) is 43.2 Å². The summed E-state index contributed by atoms with van der Waals surface area (Å²) in [6.07, 6.45) is 5.31. The number of thioether (sulfide) groups is 1. The molecule has 1 saturated carbocycles. The first-order chi connectivity index (χ1) is 9.13. The van der Waals surface area contributed by atoms with Crippen molar-refractivity contribution in [2.75, 3.05) is 11.5 Å². The van der Waals surface area contributed by atoms with Crippen molar-refractivity contribution in [1.29, 1.82) is 0 Å². The van der Waals surface area contributed by atoms with Gasteiger partial charge < -0.3 is 11.5 Å². The van der Waals surface area contributed by atoms with Gasteiger partial charge in [0.2, 0.25) is 5.91 Å². The SMILES string of the molecule is NC(=O)C(N)(CSCC1CCCC1)c1ccccc1. The van der Waals surface area contributed by atoms with Gasteiger partial charge in [0.1, 0.15) is 5.54 Å². The number of hydrogen-bond acceptors (Lipinski definition) is 3. The second-order valence-corrected chi connectivity index (χ2v) is 6.40. The first-order valence-electron chi connectivity index (χ1n) is 6.85. The van der Waals surface area contributed by atoms with Crippen molar-refractivity contribution in [2.24, 2.45) is 17.4 Å². The fourth-order valence-electron chi connectivity index (χ4n) is 2.60. The number of carbonyl (C=O) groups is 1. The van der Waals surface area contributed by atoms with E-state index in [9.17, 15) is 4.79 Å². The summed E-state index contributed by atoms with van der Waals surface area (Å²) in [6, 6.07) is 9.45. The van der Waals surface area contributed by atoms with Gasteiger partial charge in [-0.3, -0.25) is 4.79 Å². The predicted octanol–water partition coefficient (Wildman–Crippen LogP) is 2.25. The van der Waals surface area contributed by atoms with Gasteiger partial charge in [-0.2, -0.15) is 11.8 Å². The molecule has 0 heterocycles. The molecule has 1 atom stereocenters. The Hall–Kier alpha value is -1.00. The number of carbonyl (C=O) groups excluding carboxylic acids is 1. The number of primary amides is 1. The summed E-state index contributed by atoms with van der Waals surface area (Å²) in [6.45, 7) is 0. The van der Waals surface area contributed by atoms with Crippen molar-refractivity contribution in [3.8, 4) is 0 Å². The Morgan fingerprint density at radius 3 is 2.47 bits per heavy atom. The molecule has 1 unspecified atom stereocenters. The van der Waals surface area contributed by atoms with E-state index < -0.39 is 11.4 Å². The van der Waals surface area contributed by atoms with Gasteiger partial charge >= 0.3 is 0 Å². The lowest BCUT2D eigenvalue weighted by Gasteiger charge is -2.26. The molecule has 19 heavy (non-hydrogen) atoms. The molecule has 1 aliphatic carbocycles. The van der Waals surface area contributed by atoms with Gasteiger partial charge in [0.25, 0.3) is 0 Å². The molecule has 0 spiro atoms. The highest BCUT2D eigenvalue weighted by Gasteiger charge is 2.34. The van der Waals surface area contributed by atoms with E-state index in [1.54, 1.807) is 11.8 Å². The second-order valence-electron chi connectivity index (χ2n) is 5.37. The van der Waals surface area contributed by atoms with E-state index in [2.05, 4.69) is 0 Å². The summed E-state index contributed by atoms with van der Waals surface area (Å²) < 4.78 is 0. The highest BCUT2D eigenvalue weighted by atomic mass is 32.2. The molecule has 104 valence electrons. The van der Waals surface area contributed by atoms with Gasteiger partial charge in [-0.05, 0) is 30.1 Å². The van der Waals surface area contributed by atoms with E-state index in [1.807, 2.05) is 30.3 Å². The monoisotopic (exact) mass is 278 g/mol. The molecular formula is C15H22N2OS. The number of benzene rings is 1. The summed E-state index contributed by atoms with van der Waals surface area (Å²) in [5.41, 5.74) is 11.5. The highest BCUT2D eigenvalue weighted by molar-refractivity contribution is 7.99. The molecule has 4 N–H and O–H groups in total. The van der Waals surface area contributed by atoms with Crippen molar-refractivity contribution in [3.05, 3.63) is 35.9 Å². The molecule has 3 nitrogen and oxygen atoms in total.